The zero-order valence-corrected chi connectivity index (χ0v) is 12.0. The number of likely N-dealkylation sites (N-methyl/N-ethyl adjacent to an activating group) is 1. The molecule has 1 fully saturated rings. The molecule has 1 aliphatic rings. The normalized spacial score (nSPS) is 19.3. The molecule has 2 aromatic rings. The first-order chi connectivity index (χ1) is 10.1. The van der Waals surface area contributed by atoms with Crippen LogP contribution >= 0.6 is 0 Å². The number of imide groups is 1. The first-order valence-corrected chi connectivity index (χ1v) is 7.16. The third kappa shape index (κ3) is 2.81. The van der Waals surface area contributed by atoms with Gasteiger partial charge in [-0.3, -0.25) is 14.5 Å². The molecule has 4 nitrogen and oxygen atoms in total. The molecule has 3 rings (SSSR count). The minimum atomic E-state index is -0.265. The van der Waals surface area contributed by atoms with Crippen LogP contribution in [0.15, 0.2) is 42.5 Å². The Balaban J connectivity index is 1.69. The summed E-state index contributed by atoms with van der Waals surface area (Å²) in [5, 5.41) is 5.66. The topological polar surface area (TPSA) is 49.4 Å². The van der Waals surface area contributed by atoms with Crippen molar-refractivity contribution in [2.45, 2.75) is 25.4 Å². The summed E-state index contributed by atoms with van der Waals surface area (Å²) in [4.78, 5) is 24.7. The molecule has 0 spiro atoms. The monoisotopic (exact) mass is 282 g/mol. The van der Waals surface area contributed by atoms with Crippen molar-refractivity contribution >= 4 is 22.6 Å². The lowest BCUT2D eigenvalue weighted by molar-refractivity contribution is -0.148. The van der Waals surface area contributed by atoms with E-state index in [2.05, 4.69) is 35.6 Å². The van der Waals surface area contributed by atoms with E-state index >= 15 is 0 Å². The van der Waals surface area contributed by atoms with E-state index in [1.54, 1.807) is 7.05 Å². The quantitative estimate of drug-likeness (QED) is 0.877. The Morgan fingerprint density at radius 2 is 1.90 bits per heavy atom. The number of likely N-dealkylation sites (tertiary alicyclic amines) is 1. The van der Waals surface area contributed by atoms with Crippen molar-refractivity contribution in [1.82, 2.24) is 10.2 Å². The van der Waals surface area contributed by atoms with Crippen LogP contribution < -0.4 is 5.32 Å². The summed E-state index contributed by atoms with van der Waals surface area (Å²) < 4.78 is 0. The number of carbonyl (C=O) groups excluding carboxylic acids is 2. The second-order valence-electron chi connectivity index (χ2n) is 5.44. The molecule has 1 atom stereocenters. The van der Waals surface area contributed by atoms with Gasteiger partial charge in [0, 0.05) is 20.0 Å². The molecule has 1 unspecified atom stereocenters. The van der Waals surface area contributed by atoms with Crippen LogP contribution in [0.2, 0.25) is 0 Å². The average molecular weight is 282 g/mol. The van der Waals surface area contributed by atoms with Crippen molar-refractivity contribution in [3.63, 3.8) is 0 Å². The summed E-state index contributed by atoms with van der Waals surface area (Å²) in [6.07, 6.45) is 1.01. The molecule has 0 radical (unpaired) electrons. The standard InChI is InChI=1S/C17H18N2O2/c1-19-16(20)9-8-15(17(19)21)18-11-12-6-7-13-4-2-3-5-14(13)10-12/h2-7,10,15,18H,8-9,11H2,1H3. The van der Waals surface area contributed by atoms with Crippen LogP contribution in [-0.4, -0.2) is 29.8 Å². The number of fused-ring (bicyclic) bond motifs is 1. The van der Waals surface area contributed by atoms with Crippen molar-refractivity contribution in [2.75, 3.05) is 7.05 Å². The molecular weight excluding hydrogens is 264 g/mol. The van der Waals surface area contributed by atoms with Gasteiger partial charge in [-0.05, 0) is 28.8 Å². The van der Waals surface area contributed by atoms with Crippen LogP contribution in [0.3, 0.4) is 0 Å². The van der Waals surface area contributed by atoms with Crippen LogP contribution in [0, 0.1) is 0 Å². The summed E-state index contributed by atoms with van der Waals surface area (Å²) in [5.74, 6) is -0.226. The van der Waals surface area contributed by atoms with E-state index in [1.807, 2.05) is 12.1 Å². The van der Waals surface area contributed by atoms with Gasteiger partial charge < -0.3 is 5.32 Å². The molecule has 0 aromatic heterocycles. The fraction of sp³-hybridized carbons (Fsp3) is 0.294. The molecule has 0 saturated carbocycles. The molecule has 0 bridgehead atoms. The minimum Gasteiger partial charge on any atom is -0.302 e. The van der Waals surface area contributed by atoms with Crippen LogP contribution in [0.5, 0.6) is 0 Å². The second kappa shape index (κ2) is 5.66. The van der Waals surface area contributed by atoms with E-state index in [0.29, 0.717) is 19.4 Å². The van der Waals surface area contributed by atoms with Crippen LogP contribution in [0.4, 0.5) is 0 Å². The molecule has 2 aromatic carbocycles. The largest absolute Gasteiger partial charge is 0.302 e. The zero-order chi connectivity index (χ0) is 14.8. The van der Waals surface area contributed by atoms with Gasteiger partial charge in [-0.2, -0.15) is 0 Å². The van der Waals surface area contributed by atoms with E-state index in [-0.39, 0.29) is 17.9 Å². The molecule has 4 heteroatoms. The first kappa shape index (κ1) is 13.8. The fourth-order valence-electron chi connectivity index (χ4n) is 2.69. The molecule has 108 valence electrons. The predicted octanol–water partition coefficient (Wildman–Crippen LogP) is 2.08. The highest BCUT2D eigenvalue weighted by Gasteiger charge is 2.31. The lowest BCUT2D eigenvalue weighted by Crippen LogP contribution is -2.51. The van der Waals surface area contributed by atoms with E-state index in [1.165, 1.54) is 15.7 Å². The number of benzene rings is 2. The molecule has 2 amide bonds. The van der Waals surface area contributed by atoms with Crippen LogP contribution in [-0.2, 0) is 16.1 Å². The Kier molecular flexibility index (Phi) is 3.71. The Morgan fingerprint density at radius 3 is 2.71 bits per heavy atom. The molecule has 0 aliphatic carbocycles. The van der Waals surface area contributed by atoms with Gasteiger partial charge >= 0.3 is 0 Å². The fourth-order valence-corrected chi connectivity index (χ4v) is 2.69. The zero-order valence-electron chi connectivity index (χ0n) is 12.0. The number of piperidine rings is 1. The lowest BCUT2D eigenvalue weighted by atomic mass is 10.0. The molecule has 21 heavy (non-hydrogen) atoms. The lowest BCUT2D eigenvalue weighted by Gasteiger charge is -2.28. The van der Waals surface area contributed by atoms with Crippen molar-refractivity contribution in [2.24, 2.45) is 0 Å². The van der Waals surface area contributed by atoms with Gasteiger partial charge in [0.15, 0.2) is 0 Å². The van der Waals surface area contributed by atoms with Crippen molar-refractivity contribution < 1.29 is 9.59 Å². The van der Waals surface area contributed by atoms with Crippen molar-refractivity contribution in [1.29, 1.82) is 0 Å². The summed E-state index contributed by atoms with van der Waals surface area (Å²) in [6, 6.07) is 14.2. The predicted molar refractivity (Wildman–Crippen MR) is 81.6 cm³/mol. The molecular formula is C17H18N2O2. The molecule has 1 saturated heterocycles. The Labute approximate surface area is 123 Å². The van der Waals surface area contributed by atoms with Gasteiger partial charge in [-0.1, -0.05) is 36.4 Å². The van der Waals surface area contributed by atoms with E-state index in [4.69, 9.17) is 0 Å². The molecule has 1 heterocycles. The van der Waals surface area contributed by atoms with E-state index < -0.39 is 0 Å². The van der Waals surface area contributed by atoms with Gasteiger partial charge in [0.05, 0.1) is 6.04 Å². The smallest absolute Gasteiger partial charge is 0.246 e. The maximum Gasteiger partial charge on any atom is 0.246 e. The van der Waals surface area contributed by atoms with Gasteiger partial charge in [0.2, 0.25) is 11.8 Å². The Morgan fingerprint density at radius 1 is 1.14 bits per heavy atom. The Hall–Kier alpha value is -2.20. The summed E-state index contributed by atoms with van der Waals surface area (Å²) >= 11 is 0. The second-order valence-corrected chi connectivity index (χ2v) is 5.44. The number of nitrogens with zero attached hydrogens (tertiary/aromatic N) is 1. The van der Waals surface area contributed by atoms with Crippen LogP contribution in [0.25, 0.3) is 10.8 Å². The van der Waals surface area contributed by atoms with E-state index in [0.717, 1.165) is 5.56 Å². The van der Waals surface area contributed by atoms with E-state index in [9.17, 15) is 9.59 Å². The SMILES string of the molecule is CN1C(=O)CCC(NCc2ccc3ccccc3c2)C1=O. The van der Waals surface area contributed by atoms with Gasteiger partial charge in [0.25, 0.3) is 0 Å². The highest BCUT2D eigenvalue weighted by molar-refractivity contribution is 6.00. The number of nitrogens with one attached hydrogen (secondary N) is 1. The average Bonchev–Trinajstić information content (AvgIpc) is 2.52. The van der Waals surface area contributed by atoms with Gasteiger partial charge in [-0.25, -0.2) is 0 Å². The molecule has 1 N–H and O–H groups in total. The minimum absolute atomic E-state index is 0.0937. The number of hydrogen-bond acceptors (Lipinski definition) is 3. The number of amides is 2. The number of rotatable bonds is 3. The maximum absolute atomic E-state index is 12.0. The highest BCUT2D eigenvalue weighted by atomic mass is 16.2. The van der Waals surface area contributed by atoms with Crippen molar-refractivity contribution in [3.8, 4) is 0 Å². The third-order valence-electron chi connectivity index (χ3n) is 4.02. The van der Waals surface area contributed by atoms with Gasteiger partial charge in [-0.15, -0.1) is 0 Å². The maximum atomic E-state index is 12.0. The van der Waals surface area contributed by atoms with Crippen molar-refractivity contribution in [3.05, 3.63) is 48.0 Å². The summed E-state index contributed by atoms with van der Waals surface area (Å²) in [6.45, 7) is 0.628. The summed E-state index contributed by atoms with van der Waals surface area (Å²) in [5.41, 5.74) is 1.14. The third-order valence-corrected chi connectivity index (χ3v) is 4.02. The first-order valence-electron chi connectivity index (χ1n) is 7.16. The van der Waals surface area contributed by atoms with Crippen LogP contribution in [0.1, 0.15) is 18.4 Å². The van der Waals surface area contributed by atoms with Gasteiger partial charge in [0.1, 0.15) is 0 Å². The summed E-state index contributed by atoms with van der Waals surface area (Å²) in [7, 11) is 1.55. The number of carbonyl (C=O) groups is 2. The molecule has 1 aliphatic heterocycles. The Bertz CT molecular complexity index is 696. The highest BCUT2D eigenvalue weighted by Crippen LogP contribution is 2.17. The number of hydrogen-bond donors (Lipinski definition) is 1.